The zero-order chi connectivity index (χ0) is 17.1. The largest absolute Gasteiger partial charge is 0.459 e. The van der Waals surface area contributed by atoms with Crippen LogP contribution in [0.3, 0.4) is 0 Å². The molecule has 1 fully saturated rings. The molecule has 0 saturated carbocycles. The molecular formula is C17H21ClN4O2. The van der Waals surface area contributed by atoms with Crippen LogP contribution in [0.15, 0.2) is 22.8 Å². The van der Waals surface area contributed by atoms with E-state index in [-0.39, 0.29) is 11.9 Å². The Hall–Kier alpha value is -2.08. The molecule has 1 N–H and O–H groups in total. The number of likely N-dealkylation sites (tertiary alicyclic amines) is 1. The summed E-state index contributed by atoms with van der Waals surface area (Å²) in [6.45, 7) is 5.25. The second-order valence-corrected chi connectivity index (χ2v) is 6.29. The molecule has 0 aromatic carbocycles. The number of amides is 1. The normalized spacial score (nSPS) is 15.5. The van der Waals surface area contributed by atoms with E-state index in [1.165, 1.54) is 6.26 Å². The van der Waals surface area contributed by atoms with Gasteiger partial charge in [0.25, 0.3) is 5.91 Å². The van der Waals surface area contributed by atoms with Gasteiger partial charge < -0.3 is 14.6 Å². The molecule has 24 heavy (non-hydrogen) atoms. The summed E-state index contributed by atoms with van der Waals surface area (Å²) in [6, 6.07) is 3.70. The minimum atomic E-state index is -0.0476. The number of anilines is 1. The minimum Gasteiger partial charge on any atom is -0.459 e. The van der Waals surface area contributed by atoms with Gasteiger partial charge in [-0.15, -0.1) is 0 Å². The Morgan fingerprint density at radius 2 is 2.17 bits per heavy atom. The molecule has 1 saturated heterocycles. The lowest BCUT2D eigenvalue weighted by atomic mass is 10.0. The Morgan fingerprint density at radius 3 is 2.79 bits per heavy atom. The lowest BCUT2D eigenvalue weighted by Crippen LogP contribution is -2.42. The van der Waals surface area contributed by atoms with E-state index in [9.17, 15) is 4.79 Å². The van der Waals surface area contributed by atoms with E-state index >= 15 is 0 Å². The van der Waals surface area contributed by atoms with Crippen LogP contribution in [0.1, 0.15) is 41.7 Å². The average molecular weight is 349 g/mol. The van der Waals surface area contributed by atoms with Gasteiger partial charge >= 0.3 is 0 Å². The van der Waals surface area contributed by atoms with Crippen molar-refractivity contribution >= 4 is 23.3 Å². The highest BCUT2D eigenvalue weighted by atomic mass is 35.5. The monoisotopic (exact) mass is 348 g/mol. The van der Waals surface area contributed by atoms with Gasteiger partial charge in [-0.2, -0.15) is 0 Å². The molecule has 0 spiro atoms. The minimum absolute atomic E-state index is 0.0476. The zero-order valence-electron chi connectivity index (χ0n) is 13.9. The Morgan fingerprint density at radius 1 is 1.42 bits per heavy atom. The van der Waals surface area contributed by atoms with E-state index < -0.39 is 0 Å². The van der Waals surface area contributed by atoms with Crippen molar-refractivity contribution < 1.29 is 9.21 Å². The number of carbonyl (C=O) groups excluding carboxylic acids is 1. The SMILES string of the molecule is CCc1c(Cl)nc(C)nc1NC1CCN(C(=O)c2ccco2)CC1. The fraction of sp³-hybridized carbons (Fsp3) is 0.471. The molecule has 3 rings (SSSR count). The van der Waals surface area contributed by atoms with Gasteiger partial charge in [-0.05, 0) is 38.3 Å². The molecule has 2 aromatic heterocycles. The number of hydrogen-bond acceptors (Lipinski definition) is 5. The van der Waals surface area contributed by atoms with Crippen molar-refractivity contribution in [1.29, 1.82) is 0 Å². The maximum Gasteiger partial charge on any atom is 0.289 e. The lowest BCUT2D eigenvalue weighted by molar-refractivity contribution is 0.0686. The second-order valence-electron chi connectivity index (χ2n) is 5.93. The average Bonchev–Trinajstić information content (AvgIpc) is 3.09. The summed E-state index contributed by atoms with van der Waals surface area (Å²) in [5.41, 5.74) is 0.941. The van der Waals surface area contributed by atoms with Gasteiger partial charge in [0.05, 0.1) is 6.26 Å². The molecule has 2 aromatic rings. The third-order valence-corrected chi connectivity index (χ3v) is 4.59. The Balaban J connectivity index is 1.63. The summed E-state index contributed by atoms with van der Waals surface area (Å²) in [5.74, 6) is 1.82. The highest BCUT2D eigenvalue weighted by Crippen LogP contribution is 2.24. The Kier molecular flexibility index (Phi) is 5.04. The topological polar surface area (TPSA) is 71.3 Å². The van der Waals surface area contributed by atoms with Crippen molar-refractivity contribution in [1.82, 2.24) is 14.9 Å². The van der Waals surface area contributed by atoms with E-state index in [1.807, 2.05) is 18.7 Å². The highest BCUT2D eigenvalue weighted by molar-refractivity contribution is 6.30. The van der Waals surface area contributed by atoms with E-state index in [4.69, 9.17) is 16.0 Å². The number of aryl methyl sites for hydroxylation is 1. The van der Waals surface area contributed by atoms with E-state index in [2.05, 4.69) is 15.3 Å². The van der Waals surface area contributed by atoms with Gasteiger partial charge in [-0.3, -0.25) is 4.79 Å². The molecule has 128 valence electrons. The predicted octanol–water partition coefficient (Wildman–Crippen LogP) is 3.31. The van der Waals surface area contributed by atoms with Crippen LogP contribution in [0.5, 0.6) is 0 Å². The van der Waals surface area contributed by atoms with Crippen molar-refractivity contribution in [2.24, 2.45) is 0 Å². The first kappa shape index (κ1) is 16.8. The summed E-state index contributed by atoms with van der Waals surface area (Å²) >= 11 is 6.22. The smallest absolute Gasteiger partial charge is 0.289 e. The van der Waals surface area contributed by atoms with E-state index in [0.29, 0.717) is 29.8 Å². The van der Waals surface area contributed by atoms with Gasteiger partial charge in [-0.1, -0.05) is 18.5 Å². The molecule has 0 atom stereocenters. The molecule has 1 aliphatic rings. The molecule has 0 aliphatic carbocycles. The summed E-state index contributed by atoms with van der Waals surface area (Å²) in [6.07, 6.45) is 4.01. The number of piperidine rings is 1. The molecule has 0 unspecified atom stereocenters. The molecule has 0 bridgehead atoms. The third kappa shape index (κ3) is 3.53. The number of rotatable bonds is 4. The van der Waals surface area contributed by atoms with Crippen LogP contribution in [0.4, 0.5) is 5.82 Å². The van der Waals surface area contributed by atoms with Gasteiger partial charge in [0.2, 0.25) is 0 Å². The molecule has 1 aliphatic heterocycles. The van der Waals surface area contributed by atoms with Crippen LogP contribution < -0.4 is 5.32 Å². The summed E-state index contributed by atoms with van der Waals surface area (Å²) in [5, 5.41) is 3.99. The molecule has 1 amide bonds. The van der Waals surface area contributed by atoms with Gasteiger partial charge in [0.1, 0.15) is 16.8 Å². The summed E-state index contributed by atoms with van der Waals surface area (Å²) < 4.78 is 5.19. The molecular weight excluding hydrogens is 328 g/mol. The number of hydrogen-bond donors (Lipinski definition) is 1. The Labute approximate surface area is 146 Å². The van der Waals surface area contributed by atoms with Crippen LogP contribution in [0.25, 0.3) is 0 Å². The quantitative estimate of drug-likeness (QED) is 0.858. The van der Waals surface area contributed by atoms with Crippen LogP contribution >= 0.6 is 11.6 Å². The standard InChI is InChI=1S/C17H21ClN4O2/c1-3-13-15(18)19-11(2)20-16(13)21-12-6-8-22(9-7-12)17(23)14-5-4-10-24-14/h4-5,10,12H,3,6-9H2,1-2H3,(H,19,20,21). The fourth-order valence-corrected chi connectivity index (χ4v) is 3.32. The number of nitrogens with one attached hydrogen (secondary N) is 1. The number of carbonyl (C=O) groups is 1. The second kappa shape index (κ2) is 7.21. The number of aromatic nitrogens is 2. The summed E-state index contributed by atoms with van der Waals surface area (Å²) in [7, 11) is 0. The molecule has 7 heteroatoms. The molecule has 0 radical (unpaired) electrons. The number of nitrogens with zero attached hydrogens (tertiary/aromatic N) is 3. The van der Waals surface area contributed by atoms with Crippen molar-refractivity contribution in [2.45, 2.75) is 39.2 Å². The maximum absolute atomic E-state index is 12.3. The predicted molar refractivity (Wildman–Crippen MR) is 92.4 cm³/mol. The molecule has 6 nitrogen and oxygen atoms in total. The highest BCUT2D eigenvalue weighted by Gasteiger charge is 2.25. The van der Waals surface area contributed by atoms with Crippen LogP contribution in [-0.2, 0) is 6.42 Å². The maximum atomic E-state index is 12.3. The molecule has 3 heterocycles. The first-order valence-corrected chi connectivity index (χ1v) is 8.58. The van der Waals surface area contributed by atoms with Crippen molar-refractivity contribution in [3.8, 4) is 0 Å². The first-order valence-electron chi connectivity index (χ1n) is 8.20. The summed E-state index contributed by atoms with van der Waals surface area (Å²) in [4.78, 5) is 22.8. The van der Waals surface area contributed by atoms with Gasteiger partial charge in [-0.25, -0.2) is 9.97 Å². The number of furan rings is 1. The van der Waals surface area contributed by atoms with E-state index in [1.54, 1.807) is 12.1 Å². The first-order chi connectivity index (χ1) is 11.6. The van der Waals surface area contributed by atoms with Crippen molar-refractivity contribution in [3.63, 3.8) is 0 Å². The third-order valence-electron chi connectivity index (χ3n) is 4.28. The van der Waals surface area contributed by atoms with E-state index in [0.717, 1.165) is 30.6 Å². The van der Waals surface area contributed by atoms with Gasteiger partial charge in [0.15, 0.2) is 5.76 Å². The zero-order valence-corrected chi connectivity index (χ0v) is 14.6. The van der Waals surface area contributed by atoms with Crippen LogP contribution in [0, 0.1) is 6.92 Å². The van der Waals surface area contributed by atoms with Crippen LogP contribution in [-0.4, -0.2) is 39.9 Å². The fourth-order valence-electron chi connectivity index (χ4n) is 2.97. The van der Waals surface area contributed by atoms with Gasteiger partial charge in [0, 0.05) is 24.7 Å². The Bertz CT molecular complexity index is 710. The number of halogens is 1. The van der Waals surface area contributed by atoms with Crippen LogP contribution in [0.2, 0.25) is 5.15 Å². The lowest BCUT2D eigenvalue weighted by Gasteiger charge is -2.32. The van der Waals surface area contributed by atoms with Crippen molar-refractivity contribution in [3.05, 3.63) is 40.7 Å². The van der Waals surface area contributed by atoms with Crippen molar-refractivity contribution in [2.75, 3.05) is 18.4 Å².